The van der Waals surface area contributed by atoms with Crippen molar-refractivity contribution in [2.24, 2.45) is 0 Å². The molecule has 0 atom stereocenters. The molecule has 0 unspecified atom stereocenters. The number of aromatic nitrogens is 2. The van der Waals surface area contributed by atoms with Gasteiger partial charge in [-0.25, -0.2) is 0 Å². The Morgan fingerprint density at radius 3 is 2.15 bits per heavy atom. The summed E-state index contributed by atoms with van der Waals surface area (Å²) in [4.78, 5) is 0. The average molecular weight is 283 g/mol. The van der Waals surface area contributed by atoms with Gasteiger partial charge in [0.05, 0.1) is 5.69 Å². The minimum absolute atomic E-state index is 0. The van der Waals surface area contributed by atoms with E-state index in [-0.39, 0.29) is 25.8 Å². The van der Waals surface area contributed by atoms with Crippen molar-refractivity contribution in [1.29, 1.82) is 0 Å². The first-order chi connectivity index (χ1) is 5.77. The predicted molar refractivity (Wildman–Crippen MR) is 59.1 cm³/mol. The summed E-state index contributed by atoms with van der Waals surface area (Å²) >= 11 is 0. The molecule has 0 saturated carbocycles. The van der Waals surface area contributed by atoms with Crippen molar-refractivity contribution >= 4 is 25.8 Å². The molecule has 73 valence electrons. The molecule has 13 heavy (non-hydrogen) atoms. The maximum absolute atomic E-state index is 4.32. The molecule has 3 heteroatoms. The summed E-state index contributed by atoms with van der Waals surface area (Å²) in [6.45, 7) is 11.3. The van der Waals surface area contributed by atoms with Crippen molar-refractivity contribution in [3.05, 3.63) is 17.5 Å². The van der Waals surface area contributed by atoms with Gasteiger partial charge in [-0.15, -0.1) is 0 Å². The van der Waals surface area contributed by atoms with Crippen LogP contribution in [-0.2, 0) is 13.0 Å². The van der Waals surface area contributed by atoms with E-state index in [0.717, 1.165) is 18.7 Å². The van der Waals surface area contributed by atoms with Gasteiger partial charge in [-0.2, -0.15) is 5.10 Å². The fourth-order valence-corrected chi connectivity index (χ4v) is 1.16. The van der Waals surface area contributed by atoms with E-state index < -0.39 is 0 Å². The molecule has 2 nitrogen and oxygen atoms in total. The fraction of sp³-hybridized carbons (Fsp3) is 0.700. The number of nitrogens with zero attached hydrogens (tertiary/aromatic N) is 2. The van der Waals surface area contributed by atoms with Gasteiger partial charge in [-0.3, -0.25) is 4.68 Å². The topological polar surface area (TPSA) is 17.8 Å². The van der Waals surface area contributed by atoms with Crippen LogP contribution in [0.5, 0.6) is 0 Å². The second-order valence-corrected chi connectivity index (χ2v) is 2.45. The summed E-state index contributed by atoms with van der Waals surface area (Å²) in [5.41, 5.74) is 2.46. The van der Waals surface area contributed by atoms with Crippen molar-refractivity contribution in [1.82, 2.24) is 9.78 Å². The maximum Gasteiger partial charge on any atom is 0.0596 e. The first kappa shape index (κ1) is 15.5. The number of aryl methyl sites for hydroxylation is 3. The molecule has 0 bridgehead atoms. The summed E-state index contributed by atoms with van der Waals surface area (Å²) in [5, 5.41) is 4.32. The van der Waals surface area contributed by atoms with Crippen molar-refractivity contribution < 1.29 is 0 Å². The first-order valence-electron chi connectivity index (χ1n) is 4.81. The third-order valence-corrected chi connectivity index (χ3v) is 1.65. The smallest absolute Gasteiger partial charge is 0.0596 e. The average Bonchev–Trinajstić information content (AvgIpc) is 2.49. The Labute approximate surface area is 101 Å². The van der Waals surface area contributed by atoms with Crippen molar-refractivity contribution in [3.8, 4) is 0 Å². The molecule has 0 aromatic carbocycles. The summed E-state index contributed by atoms with van der Waals surface area (Å²) < 4.78 is 2.05. The van der Waals surface area contributed by atoms with Gasteiger partial charge in [0, 0.05) is 38.1 Å². The van der Waals surface area contributed by atoms with Crippen molar-refractivity contribution in [2.75, 3.05) is 0 Å². The third-order valence-electron chi connectivity index (χ3n) is 1.65. The van der Waals surface area contributed by atoms with Crippen LogP contribution in [0.2, 0.25) is 0 Å². The first-order valence-corrected chi connectivity index (χ1v) is 4.81. The van der Waals surface area contributed by atoms with Gasteiger partial charge in [0.25, 0.3) is 0 Å². The Kier molecular flexibility index (Phi) is 10.4. The zero-order valence-electron chi connectivity index (χ0n) is 9.46. The molecule has 0 spiro atoms. The number of rotatable bonds is 2. The predicted octanol–water partition coefficient (Wildman–Crippen LogP) is 2.42. The molecule has 0 N–H and O–H groups in total. The molecule has 1 rings (SSSR count). The van der Waals surface area contributed by atoms with E-state index in [1.54, 1.807) is 0 Å². The molecule has 0 aliphatic heterocycles. The molecule has 0 fully saturated rings. The van der Waals surface area contributed by atoms with Gasteiger partial charge < -0.3 is 0 Å². The van der Waals surface area contributed by atoms with Gasteiger partial charge in [-0.05, 0) is 26.3 Å². The van der Waals surface area contributed by atoms with Gasteiger partial charge in [0.2, 0.25) is 0 Å². The standard InChI is InChI=1S/C8H14N2.C2H6.In/c1-4-8-6-7(3)9-10(8)5-2;1-2;/h6H,4-5H2,1-3H3;1-2H3;. The molecular weight excluding hydrogens is 263 g/mol. The van der Waals surface area contributed by atoms with Gasteiger partial charge in [0.1, 0.15) is 0 Å². The number of hydrogen-bond acceptors (Lipinski definition) is 1. The fourth-order valence-electron chi connectivity index (χ4n) is 1.16. The summed E-state index contributed by atoms with van der Waals surface area (Å²) in [5.74, 6) is 0. The quantitative estimate of drug-likeness (QED) is 0.815. The van der Waals surface area contributed by atoms with Crippen LogP contribution in [-0.4, -0.2) is 35.6 Å². The van der Waals surface area contributed by atoms with E-state index in [9.17, 15) is 0 Å². The van der Waals surface area contributed by atoms with Crippen LogP contribution in [0.3, 0.4) is 0 Å². The van der Waals surface area contributed by atoms with Gasteiger partial charge in [0.15, 0.2) is 0 Å². The van der Waals surface area contributed by atoms with Gasteiger partial charge in [-0.1, -0.05) is 20.8 Å². The Bertz CT molecular complexity index is 197. The molecule has 0 amide bonds. The molecule has 1 aromatic heterocycles. The van der Waals surface area contributed by atoms with Crippen LogP contribution in [0.4, 0.5) is 0 Å². The van der Waals surface area contributed by atoms with Crippen LogP contribution in [0.1, 0.15) is 39.1 Å². The molecule has 1 aromatic rings. The van der Waals surface area contributed by atoms with Crippen LogP contribution in [0, 0.1) is 6.92 Å². The van der Waals surface area contributed by atoms with Gasteiger partial charge >= 0.3 is 0 Å². The Balaban J connectivity index is 0. The van der Waals surface area contributed by atoms with E-state index in [2.05, 4.69) is 29.7 Å². The van der Waals surface area contributed by atoms with Crippen LogP contribution < -0.4 is 0 Å². The van der Waals surface area contributed by atoms with E-state index in [1.807, 2.05) is 20.8 Å². The Morgan fingerprint density at radius 2 is 1.85 bits per heavy atom. The second kappa shape index (κ2) is 8.67. The second-order valence-electron chi connectivity index (χ2n) is 2.45. The zero-order valence-corrected chi connectivity index (χ0v) is 12.8. The Hall–Kier alpha value is 0.0801. The molecule has 0 aliphatic rings. The molecule has 1 heterocycles. The summed E-state index contributed by atoms with van der Waals surface area (Å²) in [6, 6.07) is 2.14. The third kappa shape index (κ3) is 4.75. The monoisotopic (exact) mass is 283 g/mol. The SMILES string of the molecule is CC.CCc1cc(C)nn1CC.[In]. The van der Waals surface area contributed by atoms with Crippen LogP contribution >= 0.6 is 0 Å². The molecular formula is C10H20InN2. The van der Waals surface area contributed by atoms with Crippen molar-refractivity contribution in [3.63, 3.8) is 0 Å². The van der Waals surface area contributed by atoms with Crippen LogP contribution in [0.15, 0.2) is 6.07 Å². The minimum Gasteiger partial charge on any atom is -0.270 e. The number of hydrogen-bond donors (Lipinski definition) is 0. The zero-order chi connectivity index (χ0) is 9.56. The van der Waals surface area contributed by atoms with E-state index in [1.165, 1.54) is 5.69 Å². The van der Waals surface area contributed by atoms with E-state index >= 15 is 0 Å². The molecule has 0 aliphatic carbocycles. The Morgan fingerprint density at radius 1 is 1.31 bits per heavy atom. The summed E-state index contributed by atoms with van der Waals surface area (Å²) in [6.07, 6.45) is 1.08. The molecule has 0 saturated heterocycles. The van der Waals surface area contributed by atoms with Crippen LogP contribution in [0.25, 0.3) is 0 Å². The minimum atomic E-state index is 0. The van der Waals surface area contributed by atoms with E-state index in [0.29, 0.717) is 0 Å². The normalized spacial score (nSPS) is 8.38. The van der Waals surface area contributed by atoms with E-state index in [4.69, 9.17) is 0 Å². The van der Waals surface area contributed by atoms with Crippen molar-refractivity contribution in [2.45, 2.75) is 47.6 Å². The largest absolute Gasteiger partial charge is 0.270 e. The molecule has 3 radical (unpaired) electrons. The maximum atomic E-state index is 4.32. The summed E-state index contributed by atoms with van der Waals surface area (Å²) in [7, 11) is 0.